The average molecular weight is 283 g/mol. The highest BCUT2D eigenvalue weighted by molar-refractivity contribution is 7.18. The van der Waals surface area contributed by atoms with Crippen molar-refractivity contribution in [3.63, 3.8) is 0 Å². The first-order valence-corrected chi connectivity index (χ1v) is 7.60. The molecule has 20 heavy (non-hydrogen) atoms. The van der Waals surface area contributed by atoms with Crippen molar-refractivity contribution in [1.82, 2.24) is 4.98 Å². The molecule has 0 aliphatic rings. The first kappa shape index (κ1) is 13.3. The zero-order chi connectivity index (χ0) is 13.9. The van der Waals surface area contributed by atoms with Gasteiger partial charge in [0.05, 0.1) is 21.3 Å². The SMILES string of the molecule is Cc1cccc(CC(O)Cc2nc3ccccc3s2)c1. The van der Waals surface area contributed by atoms with Crippen LogP contribution in [-0.2, 0) is 12.8 Å². The Bertz CT molecular complexity index is 687. The van der Waals surface area contributed by atoms with Crippen molar-refractivity contribution in [2.45, 2.75) is 25.9 Å². The number of hydrogen-bond donors (Lipinski definition) is 1. The van der Waals surface area contributed by atoms with E-state index in [4.69, 9.17) is 0 Å². The molecule has 1 aromatic heterocycles. The van der Waals surface area contributed by atoms with Crippen molar-refractivity contribution >= 4 is 21.6 Å². The van der Waals surface area contributed by atoms with Gasteiger partial charge in [0, 0.05) is 6.42 Å². The normalized spacial score (nSPS) is 12.7. The lowest BCUT2D eigenvalue weighted by atomic mass is 10.0. The maximum atomic E-state index is 10.2. The number of thiazole rings is 1. The van der Waals surface area contributed by atoms with E-state index in [9.17, 15) is 5.11 Å². The second-order valence-electron chi connectivity index (χ2n) is 5.13. The number of para-hydroxylation sites is 1. The summed E-state index contributed by atoms with van der Waals surface area (Å²) in [6.07, 6.45) is 0.919. The van der Waals surface area contributed by atoms with Crippen LogP contribution in [0.1, 0.15) is 16.1 Å². The van der Waals surface area contributed by atoms with Gasteiger partial charge < -0.3 is 5.11 Å². The Balaban J connectivity index is 1.70. The number of benzene rings is 2. The van der Waals surface area contributed by atoms with Gasteiger partial charge in [-0.3, -0.25) is 0 Å². The fourth-order valence-electron chi connectivity index (χ4n) is 2.39. The number of aliphatic hydroxyl groups is 1. The molecular formula is C17H17NOS. The molecule has 0 radical (unpaired) electrons. The van der Waals surface area contributed by atoms with E-state index in [1.54, 1.807) is 11.3 Å². The van der Waals surface area contributed by atoms with Gasteiger partial charge in [-0.25, -0.2) is 4.98 Å². The molecule has 2 aromatic carbocycles. The number of nitrogens with zero attached hydrogens (tertiary/aromatic N) is 1. The third kappa shape index (κ3) is 3.06. The van der Waals surface area contributed by atoms with E-state index in [1.165, 1.54) is 15.8 Å². The molecule has 1 unspecified atom stereocenters. The molecule has 102 valence electrons. The first-order valence-electron chi connectivity index (χ1n) is 6.79. The molecular weight excluding hydrogens is 266 g/mol. The Kier molecular flexibility index (Phi) is 3.81. The maximum Gasteiger partial charge on any atom is 0.0964 e. The summed E-state index contributed by atoms with van der Waals surface area (Å²) in [5.41, 5.74) is 3.43. The second-order valence-corrected chi connectivity index (χ2v) is 6.24. The van der Waals surface area contributed by atoms with Gasteiger partial charge in [-0.1, -0.05) is 42.0 Å². The fraction of sp³-hybridized carbons (Fsp3) is 0.235. The van der Waals surface area contributed by atoms with E-state index < -0.39 is 0 Å². The third-order valence-corrected chi connectivity index (χ3v) is 4.36. The minimum atomic E-state index is -0.377. The third-order valence-electron chi connectivity index (χ3n) is 3.30. The van der Waals surface area contributed by atoms with Gasteiger partial charge in [0.25, 0.3) is 0 Å². The van der Waals surface area contributed by atoms with E-state index in [2.05, 4.69) is 36.2 Å². The molecule has 0 bridgehead atoms. The summed E-state index contributed by atoms with van der Waals surface area (Å²) in [5.74, 6) is 0. The van der Waals surface area contributed by atoms with Crippen LogP contribution in [0.3, 0.4) is 0 Å². The molecule has 3 heteroatoms. The Hall–Kier alpha value is -1.71. The zero-order valence-electron chi connectivity index (χ0n) is 11.4. The monoisotopic (exact) mass is 283 g/mol. The number of rotatable bonds is 4. The summed E-state index contributed by atoms with van der Waals surface area (Å²) >= 11 is 1.67. The van der Waals surface area contributed by atoms with Crippen LogP contribution in [0.2, 0.25) is 0 Å². The molecule has 0 aliphatic heterocycles. The summed E-state index contributed by atoms with van der Waals surface area (Å²) in [4.78, 5) is 4.57. The number of aryl methyl sites for hydroxylation is 1. The van der Waals surface area contributed by atoms with E-state index in [0.29, 0.717) is 12.8 Å². The van der Waals surface area contributed by atoms with Crippen LogP contribution in [0, 0.1) is 6.92 Å². The van der Waals surface area contributed by atoms with Crippen molar-refractivity contribution in [3.05, 3.63) is 64.7 Å². The average Bonchev–Trinajstić information content (AvgIpc) is 2.80. The standard InChI is InChI=1S/C17H17NOS/c1-12-5-4-6-13(9-12)10-14(19)11-17-18-15-7-2-3-8-16(15)20-17/h2-9,14,19H,10-11H2,1H3. The van der Waals surface area contributed by atoms with Gasteiger partial charge in [-0.05, 0) is 31.0 Å². The van der Waals surface area contributed by atoms with Gasteiger partial charge in [0.2, 0.25) is 0 Å². The fourth-order valence-corrected chi connectivity index (χ4v) is 3.43. The maximum absolute atomic E-state index is 10.2. The molecule has 1 atom stereocenters. The summed E-state index contributed by atoms with van der Waals surface area (Å²) in [7, 11) is 0. The van der Waals surface area contributed by atoms with Gasteiger partial charge >= 0.3 is 0 Å². The molecule has 3 rings (SSSR count). The number of fused-ring (bicyclic) bond motifs is 1. The van der Waals surface area contributed by atoms with Crippen LogP contribution in [0.25, 0.3) is 10.2 Å². The summed E-state index contributed by atoms with van der Waals surface area (Å²) in [6, 6.07) is 16.4. The van der Waals surface area contributed by atoms with E-state index in [0.717, 1.165) is 10.5 Å². The van der Waals surface area contributed by atoms with Crippen LogP contribution >= 0.6 is 11.3 Å². The molecule has 0 spiro atoms. The predicted molar refractivity (Wildman–Crippen MR) is 84.2 cm³/mol. The van der Waals surface area contributed by atoms with Crippen LogP contribution in [-0.4, -0.2) is 16.2 Å². The smallest absolute Gasteiger partial charge is 0.0964 e. The molecule has 1 N–H and O–H groups in total. The van der Waals surface area contributed by atoms with Crippen molar-refractivity contribution in [3.8, 4) is 0 Å². The molecule has 0 saturated heterocycles. The Morgan fingerprint density at radius 1 is 1.10 bits per heavy atom. The Labute approximate surface area is 122 Å². The van der Waals surface area contributed by atoms with Crippen LogP contribution in [0.4, 0.5) is 0 Å². The van der Waals surface area contributed by atoms with Crippen molar-refractivity contribution in [1.29, 1.82) is 0 Å². The first-order chi connectivity index (χ1) is 9.70. The van der Waals surface area contributed by atoms with Crippen molar-refractivity contribution in [2.24, 2.45) is 0 Å². The van der Waals surface area contributed by atoms with Crippen molar-refractivity contribution < 1.29 is 5.11 Å². The summed E-state index contributed by atoms with van der Waals surface area (Å²) in [6.45, 7) is 2.07. The minimum absolute atomic E-state index is 0.377. The van der Waals surface area contributed by atoms with Gasteiger partial charge in [-0.15, -0.1) is 11.3 Å². The zero-order valence-corrected chi connectivity index (χ0v) is 12.2. The molecule has 0 saturated carbocycles. The molecule has 3 aromatic rings. The lowest BCUT2D eigenvalue weighted by Gasteiger charge is -2.09. The second kappa shape index (κ2) is 5.73. The molecule has 0 amide bonds. The van der Waals surface area contributed by atoms with E-state index in [1.807, 2.05) is 24.3 Å². The van der Waals surface area contributed by atoms with Crippen molar-refractivity contribution in [2.75, 3.05) is 0 Å². The van der Waals surface area contributed by atoms with Gasteiger partial charge in [0.1, 0.15) is 0 Å². The highest BCUT2D eigenvalue weighted by atomic mass is 32.1. The largest absolute Gasteiger partial charge is 0.392 e. The van der Waals surface area contributed by atoms with Gasteiger partial charge in [-0.2, -0.15) is 0 Å². The minimum Gasteiger partial charge on any atom is -0.392 e. The molecule has 1 heterocycles. The summed E-state index contributed by atoms with van der Waals surface area (Å²) in [5, 5.41) is 11.2. The highest BCUT2D eigenvalue weighted by Crippen LogP contribution is 2.23. The van der Waals surface area contributed by atoms with Gasteiger partial charge in [0.15, 0.2) is 0 Å². The molecule has 0 fully saturated rings. The number of hydrogen-bond acceptors (Lipinski definition) is 3. The number of aromatic nitrogens is 1. The topological polar surface area (TPSA) is 33.1 Å². The number of aliphatic hydroxyl groups excluding tert-OH is 1. The predicted octanol–water partition coefficient (Wildman–Crippen LogP) is 3.75. The lowest BCUT2D eigenvalue weighted by molar-refractivity contribution is 0.175. The van der Waals surface area contributed by atoms with E-state index in [-0.39, 0.29) is 6.10 Å². The quantitative estimate of drug-likeness (QED) is 0.791. The van der Waals surface area contributed by atoms with Crippen LogP contribution in [0.5, 0.6) is 0 Å². The molecule has 0 aliphatic carbocycles. The van der Waals surface area contributed by atoms with Crippen LogP contribution < -0.4 is 0 Å². The Morgan fingerprint density at radius 3 is 2.75 bits per heavy atom. The summed E-state index contributed by atoms with van der Waals surface area (Å²) < 4.78 is 1.19. The van der Waals surface area contributed by atoms with Crippen LogP contribution in [0.15, 0.2) is 48.5 Å². The highest BCUT2D eigenvalue weighted by Gasteiger charge is 2.11. The molecule has 2 nitrogen and oxygen atoms in total. The van der Waals surface area contributed by atoms with E-state index >= 15 is 0 Å². The Morgan fingerprint density at radius 2 is 1.95 bits per heavy atom. The lowest BCUT2D eigenvalue weighted by Crippen LogP contribution is -2.13.